The maximum absolute atomic E-state index is 6.29. The highest BCUT2D eigenvalue weighted by atomic mass is 35.5. The molecule has 1 saturated carbocycles. The van der Waals surface area contributed by atoms with E-state index in [1.165, 1.54) is 19.3 Å². The summed E-state index contributed by atoms with van der Waals surface area (Å²) in [5.41, 5.74) is 6.73. The molecular weight excluding hydrogens is 274 g/mol. The SMILES string of the molecule is CCC1CCCCC1Oc1c(CN)cc(Cl)cc1OC. The van der Waals surface area contributed by atoms with Crippen LogP contribution >= 0.6 is 11.6 Å². The summed E-state index contributed by atoms with van der Waals surface area (Å²) >= 11 is 6.09. The van der Waals surface area contributed by atoms with Crippen LogP contribution in [-0.2, 0) is 6.54 Å². The summed E-state index contributed by atoms with van der Waals surface area (Å²) in [5, 5.41) is 0.630. The Morgan fingerprint density at radius 2 is 2.05 bits per heavy atom. The first-order valence-electron chi connectivity index (χ1n) is 7.42. The van der Waals surface area contributed by atoms with Crippen LogP contribution in [0.4, 0.5) is 0 Å². The molecule has 1 fully saturated rings. The van der Waals surface area contributed by atoms with Gasteiger partial charge in [-0.2, -0.15) is 0 Å². The lowest BCUT2D eigenvalue weighted by molar-refractivity contribution is 0.0863. The summed E-state index contributed by atoms with van der Waals surface area (Å²) in [6, 6.07) is 3.66. The van der Waals surface area contributed by atoms with Crippen LogP contribution in [0.25, 0.3) is 0 Å². The largest absolute Gasteiger partial charge is 0.493 e. The molecule has 2 rings (SSSR count). The van der Waals surface area contributed by atoms with Crippen LogP contribution in [0.1, 0.15) is 44.6 Å². The fourth-order valence-electron chi connectivity index (χ4n) is 3.01. The van der Waals surface area contributed by atoms with Crippen LogP contribution in [-0.4, -0.2) is 13.2 Å². The van der Waals surface area contributed by atoms with Gasteiger partial charge in [-0.3, -0.25) is 0 Å². The summed E-state index contributed by atoms with van der Waals surface area (Å²) < 4.78 is 11.7. The lowest BCUT2D eigenvalue weighted by atomic mass is 9.84. The van der Waals surface area contributed by atoms with Crippen LogP contribution in [0.2, 0.25) is 5.02 Å². The number of benzene rings is 1. The zero-order valence-corrected chi connectivity index (χ0v) is 13.1. The zero-order valence-electron chi connectivity index (χ0n) is 12.3. The van der Waals surface area contributed by atoms with Gasteiger partial charge in [0.2, 0.25) is 0 Å². The van der Waals surface area contributed by atoms with Gasteiger partial charge in [0.25, 0.3) is 0 Å². The van der Waals surface area contributed by atoms with Gasteiger partial charge >= 0.3 is 0 Å². The van der Waals surface area contributed by atoms with Gasteiger partial charge in [-0.05, 0) is 37.7 Å². The molecule has 2 N–H and O–H groups in total. The van der Waals surface area contributed by atoms with Crippen molar-refractivity contribution in [2.75, 3.05) is 7.11 Å². The minimum Gasteiger partial charge on any atom is -0.493 e. The van der Waals surface area contributed by atoms with E-state index in [-0.39, 0.29) is 6.10 Å². The molecule has 0 spiro atoms. The number of hydrogen-bond donors (Lipinski definition) is 1. The maximum Gasteiger partial charge on any atom is 0.166 e. The Balaban J connectivity index is 2.26. The van der Waals surface area contributed by atoms with Gasteiger partial charge in [-0.1, -0.05) is 24.9 Å². The standard InChI is InChI=1S/C16H24ClNO2/c1-3-11-6-4-5-7-14(11)20-16-12(10-18)8-13(17)9-15(16)19-2/h8-9,11,14H,3-7,10,18H2,1-2H3. The van der Waals surface area contributed by atoms with Gasteiger partial charge in [-0.25, -0.2) is 0 Å². The van der Waals surface area contributed by atoms with E-state index in [0.29, 0.717) is 23.2 Å². The van der Waals surface area contributed by atoms with E-state index in [9.17, 15) is 0 Å². The fourth-order valence-corrected chi connectivity index (χ4v) is 3.24. The first-order chi connectivity index (χ1) is 9.69. The minimum absolute atomic E-state index is 0.258. The third-order valence-electron chi connectivity index (χ3n) is 4.17. The molecule has 4 heteroatoms. The number of methoxy groups -OCH3 is 1. The quantitative estimate of drug-likeness (QED) is 0.888. The summed E-state index contributed by atoms with van der Waals surface area (Å²) in [5.74, 6) is 2.07. The van der Waals surface area contributed by atoms with Crippen molar-refractivity contribution < 1.29 is 9.47 Å². The summed E-state index contributed by atoms with van der Waals surface area (Å²) in [6.07, 6.45) is 6.30. The van der Waals surface area contributed by atoms with Crippen LogP contribution < -0.4 is 15.2 Å². The first-order valence-corrected chi connectivity index (χ1v) is 7.80. The molecule has 0 bridgehead atoms. The number of hydrogen-bond acceptors (Lipinski definition) is 3. The van der Waals surface area contributed by atoms with Gasteiger partial charge < -0.3 is 15.2 Å². The second kappa shape index (κ2) is 7.19. The summed E-state index contributed by atoms with van der Waals surface area (Å²) in [7, 11) is 1.64. The third-order valence-corrected chi connectivity index (χ3v) is 4.39. The lowest BCUT2D eigenvalue weighted by Gasteiger charge is -2.32. The van der Waals surface area contributed by atoms with Crippen molar-refractivity contribution in [1.82, 2.24) is 0 Å². The monoisotopic (exact) mass is 297 g/mol. The molecule has 0 radical (unpaired) electrons. The Labute approximate surface area is 126 Å². The van der Waals surface area contributed by atoms with Gasteiger partial charge in [0.15, 0.2) is 11.5 Å². The molecule has 1 aromatic rings. The van der Waals surface area contributed by atoms with Crippen molar-refractivity contribution in [1.29, 1.82) is 0 Å². The molecule has 0 saturated heterocycles. The van der Waals surface area contributed by atoms with E-state index in [1.807, 2.05) is 6.07 Å². The second-order valence-corrected chi connectivity index (χ2v) is 5.85. The predicted molar refractivity (Wildman–Crippen MR) is 82.6 cm³/mol. The van der Waals surface area contributed by atoms with Crippen molar-refractivity contribution in [3.8, 4) is 11.5 Å². The molecule has 0 heterocycles. The van der Waals surface area contributed by atoms with Crippen LogP contribution in [0.3, 0.4) is 0 Å². The second-order valence-electron chi connectivity index (χ2n) is 5.41. The molecule has 0 amide bonds. The molecule has 112 valence electrons. The lowest BCUT2D eigenvalue weighted by Crippen LogP contribution is -2.30. The molecule has 1 aromatic carbocycles. The molecule has 2 unspecified atom stereocenters. The van der Waals surface area contributed by atoms with Crippen molar-refractivity contribution in [3.63, 3.8) is 0 Å². The van der Waals surface area contributed by atoms with Gasteiger partial charge in [0, 0.05) is 23.2 Å². The van der Waals surface area contributed by atoms with E-state index < -0.39 is 0 Å². The Hall–Kier alpha value is -0.930. The Morgan fingerprint density at radius 1 is 1.30 bits per heavy atom. The van der Waals surface area contributed by atoms with Crippen molar-refractivity contribution in [2.45, 2.75) is 51.7 Å². The number of rotatable bonds is 5. The normalized spacial score (nSPS) is 22.6. The van der Waals surface area contributed by atoms with Crippen LogP contribution in [0.5, 0.6) is 11.5 Å². The van der Waals surface area contributed by atoms with Crippen LogP contribution in [0.15, 0.2) is 12.1 Å². The highest BCUT2D eigenvalue weighted by Gasteiger charge is 2.27. The molecule has 20 heavy (non-hydrogen) atoms. The number of nitrogens with two attached hydrogens (primary N) is 1. The molecule has 1 aliphatic carbocycles. The van der Waals surface area contributed by atoms with E-state index in [0.717, 1.165) is 24.2 Å². The molecule has 3 nitrogen and oxygen atoms in total. The van der Waals surface area contributed by atoms with Crippen LogP contribution in [0, 0.1) is 5.92 Å². The average Bonchev–Trinajstić information content (AvgIpc) is 2.48. The van der Waals surface area contributed by atoms with Gasteiger partial charge in [0.1, 0.15) is 6.10 Å². The molecule has 1 aliphatic rings. The Kier molecular flexibility index (Phi) is 5.55. The van der Waals surface area contributed by atoms with E-state index in [4.69, 9.17) is 26.8 Å². The topological polar surface area (TPSA) is 44.5 Å². The molecule has 2 atom stereocenters. The van der Waals surface area contributed by atoms with E-state index in [2.05, 4.69) is 6.92 Å². The Bertz CT molecular complexity index is 425. The third kappa shape index (κ3) is 3.39. The first kappa shape index (κ1) is 15.5. The van der Waals surface area contributed by atoms with E-state index in [1.54, 1.807) is 13.2 Å². The van der Waals surface area contributed by atoms with E-state index >= 15 is 0 Å². The maximum atomic E-state index is 6.29. The van der Waals surface area contributed by atoms with Crippen molar-refractivity contribution >= 4 is 11.6 Å². The Morgan fingerprint density at radius 3 is 2.70 bits per heavy atom. The zero-order chi connectivity index (χ0) is 14.5. The molecule has 0 aliphatic heterocycles. The molecule has 0 aromatic heterocycles. The number of ether oxygens (including phenoxy) is 2. The fraction of sp³-hybridized carbons (Fsp3) is 0.625. The predicted octanol–water partition coefficient (Wildman–Crippen LogP) is 4.15. The van der Waals surface area contributed by atoms with Gasteiger partial charge in [-0.15, -0.1) is 0 Å². The summed E-state index contributed by atoms with van der Waals surface area (Å²) in [4.78, 5) is 0. The summed E-state index contributed by atoms with van der Waals surface area (Å²) in [6.45, 7) is 2.63. The highest BCUT2D eigenvalue weighted by molar-refractivity contribution is 6.30. The van der Waals surface area contributed by atoms with Crippen molar-refractivity contribution in [3.05, 3.63) is 22.7 Å². The number of halogens is 1. The minimum atomic E-state index is 0.258. The van der Waals surface area contributed by atoms with Gasteiger partial charge in [0.05, 0.1) is 7.11 Å². The average molecular weight is 298 g/mol. The highest BCUT2D eigenvalue weighted by Crippen LogP contribution is 2.38. The van der Waals surface area contributed by atoms with Crippen molar-refractivity contribution in [2.24, 2.45) is 11.7 Å². The smallest absolute Gasteiger partial charge is 0.166 e. The molecular formula is C16H24ClNO2.